The molecule has 0 bridgehead atoms. The first-order chi connectivity index (χ1) is 12.0. The zero-order valence-corrected chi connectivity index (χ0v) is 14.5. The largest absolute Gasteiger partial charge is 0.356 e. The van der Waals surface area contributed by atoms with Gasteiger partial charge in [0.2, 0.25) is 0 Å². The van der Waals surface area contributed by atoms with Crippen LogP contribution in [0.1, 0.15) is 36.0 Å². The quantitative estimate of drug-likeness (QED) is 0.532. The van der Waals surface area contributed by atoms with Crippen molar-refractivity contribution in [2.45, 2.75) is 32.0 Å². The van der Waals surface area contributed by atoms with Crippen LogP contribution in [-0.2, 0) is 9.47 Å². The maximum Gasteiger partial charge on any atom is 0.183 e. The molecular formula is C18H22N4O3. The van der Waals surface area contributed by atoms with Gasteiger partial charge in [0.25, 0.3) is 0 Å². The first kappa shape index (κ1) is 18.9. The summed E-state index contributed by atoms with van der Waals surface area (Å²) >= 11 is 0. The molecule has 1 saturated carbocycles. The number of methoxy groups -OCH3 is 2. The first-order valence-electron chi connectivity index (χ1n) is 8.18. The van der Waals surface area contributed by atoms with E-state index < -0.39 is 12.2 Å². The molecule has 132 valence electrons. The summed E-state index contributed by atoms with van der Waals surface area (Å²) < 4.78 is 11.7. The van der Waals surface area contributed by atoms with Gasteiger partial charge in [-0.25, -0.2) is 4.68 Å². The van der Waals surface area contributed by atoms with Crippen molar-refractivity contribution in [1.82, 2.24) is 9.78 Å². The van der Waals surface area contributed by atoms with Gasteiger partial charge in [-0.05, 0) is 12.8 Å². The Hall–Kier alpha value is -2.48. The second-order valence-electron chi connectivity index (χ2n) is 6.12. The van der Waals surface area contributed by atoms with Crippen molar-refractivity contribution in [1.29, 1.82) is 10.5 Å². The minimum absolute atomic E-state index is 0.0472. The minimum atomic E-state index is -0.880. The molecule has 0 amide bonds. The van der Waals surface area contributed by atoms with Crippen LogP contribution in [0.5, 0.6) is 0 Å². The number of ketones is 1. The summed E-state index contributed by atoms with van der Waals surface area (Å²) in [5, 5.41) is 22.7. The van der Waals surface area contributed by atoms with Crippen LogP contribution in [0.15, 0.2) is 19.0 Å². The molecule has 0 aromatic carbocycles. The van der Waals surface area contributed by atoms with Gasteiger partial charge in [0.05, 0.1) is 29.8 Å². The van der Waals surface area contributed by atoms with Crippen LogP contribution in [0.2, 0.25) is 0 Å². The van der Waals surface area contributed by atoms with Gasteiger partial charge in [0, 0.05) is 38.5 Å². The molecule has 7 heteroatoms. The fourth-order valence-electron chi connectivity index (χ4n) is 3.19. The zero-order valence-electron chi connectivity index (χ0n) is 14.5. The third-order valence-corrected chi connectivity index (χ3v) is 4.70. The summed E-state index contributed by atoms with van der Waals surface area (Å²) in [5.41, 5.74) is 1.05. The van der Waals surface area contributed by atoms with E-state index in [1.165, 1.54) is 20.4 Å². The molecular weight excluding hydrogens is 320 g/mol. The number of rotatable bonds is 8. The molecule has 0 N–H and O–H groups in total. The van der Waals surface area contributed by atoms with Crippen molar-refractivity contribution in [2.24, 2.45) is 17.8 Å². The summed E-state index contributed by atoms with van der Waals surface area (Å²) in [5.74, 6) is -1.23. The standard InChI is InChI=1S/C18H22N4O3/c1-12(16-6-4-5-13(16)8-19)22-11-15(10-21-22)18(23)14(9-20)7-17(24-2)25-3/h10-11,13-14,16-17H,1,4-7H2,2-3H3. The molecule has 7 nitrogen and oxygen atoms in total. The molecule has 3 unspecified atom stereocenters. The number of nitriles is 2. The maximum absolute atomic E-state index is 12.6. The Morgan fingerprint density at radius 2 is 2.16 bits per heavy atom. The monoisotopic (exact) mass is 342 g/mol. The van der Waals surface area contributed by atoms with E-state index in [4.69, 9.17) is 9.47 Å². The molecule has 1 aromatic heterocycles. The Bertz CT molecular complexity index is 709. The molecule has 1 heterocycles. The lowest BCUT2D eigenvalue weighted by Crippen LogP contribution is -2.22. The number of carbonyl (C=O) groups is 1. The van der Waals surface area contributed by atoms with Crippen molar-refractivity contribution in [3.05, 3.63) is 24.5 Å². The van der Waals surface area contributed by atoms with Crippen LogP contribution < -0.4 is 0 Å². The predicted octanol–water partition coefficient (Wildman–Crippen LogP) is 2.63. The van der Waals surface area contributed by atoms with E-state index in [-0.39, 0.29) is 24.0 Å². The molecule has 1 fully saturated rings. The van der Waals surface area contributed by atoms with Crippen molar-refractivity contribution >= 4 is 11.5 Å². The van der Waals surface area contributed by atoms with Gasteiger partial charge in [0.1, 0.15) is 5.92 Å². The summed E-state index contributed by atoms with van der Waals surface area (Å²) in [6.07, 6.45) is 5.28. The van der Waals surface area contributed by atoms with Crippen molar-refractivity contribution in [3.8, 4) is 12.1 Å². The van der Waals surface area contributed by atoms with Gasteiger partial charge >= 0.3 is 0 Å². The van der Waals surface area contributed by atoms with Gasteiger partial charge in [-0.15, -0.1) is 0 Å². The van der Waals surface area contributed by atoms with E-state index in [2.05, 4.69) is 17.7 Å². The van der Waals surface area contributed by atoms with Gasteiger partial charge in [-0.2, -0.15) is 15.6 Å². The highest BCUT2D eigenvalue weighted by Crippen LogP contribution is 2.37. The van der Waals surface area contributed by atoms with E-state index in [0.717, 1.165) is 19.3 Å². The number of carbonyl (C=O) groups excluding carboxylic acids is 1. The van der Waals surface area contributed by atoms with Gasteiger partial charge in [-0.1, -0.05) is 13.0 Å². The van der Waals surface area contributed by atoms with Gasteiger partial charge in [0.15, 0.2) is 12.1 Å². The Morgan fingerprint density at radius 1 is 1.44 bits per heavy atom. The number of ether oxygens (including phenoxy) is 2. The highest BCUT2D eigenvalue weighted by atomic mass is 16.7. The van der Waals surface area contributed by atoms with Gasteiger partial charge in [-0.3, -0.25) is 4.79 Å². The summed E-state index contributed by atoms with van der Waals surface area (Å²) in [7, 11) is 2.92. The zero-order chi connectivity index (χ0) is 18.4. The second kappa shape index (κ2) is 8.57. The first-order valence-corrected chi connectivity index (χ1v) is 8.18. The average molecular weight is 342 g/mol. The lowest BCUT2D eigenvalue weighted by atomic mass is 9.94. The van der Waals surface area contributed by atoms with E-state index >= 15 is 0 Å². The fraction of sp³-hybridized carbons (Fsp3) is 0.556. The van der Waals surface area contributed by atoms with Crippen molar-refractivity contribution in [2.75, 3.05) is 14.2 Å². The van der Waals surface area contributed by atoms with Crippen molar-refractivity contribution in [3.63, 3.8) is 0 Å². The molecule has 3 atom stereocenters. The van der Waals surface area contributed by atoms with Crippen molar-refractivity contribution < 1.29 is 14.3 Å². The highest BCUT2D eigenvalue weighted by molar-refractivity contribution is 5.99. The topological polar surface area (TPSA) is 101 Å². The lowest BCUT2D eigenvalue weighted by molar-refractivity contribution is -0.109. The van der Waals surface area contributed by atoms with Crippen LogP contribution in [0.25, 0.3) is 5.70 Å². The molecule has 0 radical (unpaired) electrons. The van der Waals surface area contributed by atoms with Crippen LogP contribution in [-0.4, -0.2) is 36.1 Å². The Morgan fingerprint density at radius 3 is 2.76 bits per heavy atom. The number of hydrogen-bond donors (Lipinski definition) is 0. The molecule has 1 aromatic rings. The van der Waals surface area contributed by atoms with Crippen LogP contribution >= 0.6 is 0 Å². The molecule has 0 aliphatic heterocycles. The number of hydrogen-bond acceptors (Lipinski definition) is 6. The van der Waals surface area contributed by atoms with Crippen LogP contribution in [0, 0.1) is 40.4 Å². The molecule has 25 heavy (non-hydrogen) atoms. The fourth-order valence-corrected chi connectivity index (χ4v) is 3.19. The average Bonchev–Trinajstić information content (AvgIpc) is 3.31. The molecule has 1 aliphatic carbocycles. The summed E-state index contributed by atoms with van der Waals surface area (Å²) in [6.45, 7) is 4.05. The molecule has 1 aliphatic rings. The van der Waals surface area contributed by atoms with Gasteiger partial charge < -0.3 is 9.47 Å². The number of Topliss-reactive ketones (excluding diaryl/α,β-unsaturated/α-hetero) is 1. The van der Waals surface area contributed by atoms with E-state index in [0.29, 0.717) is 11.3 Å². The Labute approximate surface area is 147 Å². The van der Waals surface area contributed by atoms with Crippen LogP contribution in [0.3, 0.4) is 0 Å². The Balaban J connectivity index is 2.12. The summed E-state index contributed by atoms with van der Waals surface area (Å²) in [4.78, 5) is 12.6. The molecule has 0 spiro atoms. The highest BCUT2D eigenvalue weighted by Gasteiger charge is 2.31. The SMILES string of the molecule is C=C(C1CCCC1C#N)n1cc(C(=O)C(C#N)CC(OC)OC)cn1. The molecule has 0 saturated heterocycles. The number of allylic oxidation sites excluding steroid dienone is 1. The summed E-state index contributed by atoms with van der Waals surface area (Å²) in [6, 6.07) is 4.31. The maximum atomic E-state index is 12.6. The third kappa shape index (κ3) is 4.14. The minimum Gasteiger partial charge on any atom is -0.356 e. The van der Waals surface area contributed by atoms with E-state index in [9.17, 15) is 15.3 Å². The smallest absolute Gasteiger partial charge is 0.183 e. The number of aromatic nitrogens is 2. The van der Waals surface area contributed by atoms with E-state index in [1.54, 1.807) is 10.9 Å². The Kier molecular flexibility index (Phi) is 6.46. The van der Waals surface area contributed by atoms with Crippen LogP contribution in [0.4, 0.5) is 0 Å². The predicted molar refractivity (Wildman–Crippen MR) is 89.9 cm³/mol. The van der Waals surface area contributed by atoms with E-state index in [1.807, 2.05) is 6.07 Å². The third-order valence-electron chi connectivity index (χ3n) is 4.70. The number of nitrogens with zero attached hydrogens (tertiary/aromatic N) is 4. The lowest BCUT2D eigenvalue weighted by Gasteiger charge is -2.16. The molecule has 2 rings (SSSR count). The second-order valence-corrected chi connectivity index (χ2v) is 6.12. The normalized spacial score (nSPS) is 20.8.